The monoisotopic (exact) mass is 188 g/mol. The van der Waals surface area contributed by atoms with Crippen LogP contribution in [0.15, 0.2) is 36.7 Å². The number of nitrogens with zero attached hydrogens (tertiary/aromatic N) is 2. The average molecular weight is 188 g/mol. The summed E-state index contributed by atoms with van der Waals surface area (Å²) in [6.07, 6.45) is 2.94. The molecule has 0 aromatic carbocycles. The van der Waals surface area contributed by atoms with Crippen molar-refractivity contribution in [3.63, 3.8) is 0 Å². The van der Waals surface area contributed by atoms with Gasteiger partial charge in [0.05, 0.1) is 11.9 Å². The number of halogens is 1. The van der Waals surface area contributed by atoms with Crippen LogP contribution in [0, 0.1) is 12.7 Å². The van der Waals surface area contributed by atoms with Crippen molar-refractivity contribution in [2.75, 3.05) is 0 Å². The average Bonchev–Trinajstić information content (AvgIpc) is 2.21. The first-order valence-electron chi connectivity index (χ1n) is 4.30. The Bertz CT molecular complexity index is 377. The first-order chi connectivity index (χ1) is 6.75. The van der Waals surface area contributed by atoms with E-state index in [9.17, 15) is 4.39 Å². The third-order valence-electron chi connectivity index (χ3n) is 1.93. The molecule has 0 spiro atoms. The molecular formula is C11H9FN2. The Morgan fingerprint density at radius 3 is 2.43 bits per heavy atom. The molecule has 0 fully saturated rings. The van der Waals surface area contributed by atoms with Gasteiger partial charge in [-0.1, -0.05) is 0 Å². The predicted octanol–water partition coefficient (Wildman–Crippen LogP) is 2.59. The maximum atomic E-state index is 12.6. The van der Waals surface area contributed by atoms with E-state index in [1.54, 1.807) is 12.3 Å². The number of hydrogen-bond donors (Lipinski definition) is 0. The van der Waals surface area contributed by atoms with Gasteiger partial charge < -0.3 is 0 Å². The van der Waals surface area contributed by atoms with E-state index in [4.69, 9.17) is 0 Å². The minimum absolute atomic E-state index is 0.325. The van der Waals surface area contributed by atoms with Gasteiger partial charge in [0.25, 0.3) is 0 Å². The molecule has 3 heteroatoms. The van der Waals surface area contributed by atoms with Crippen LogP contribution in [0.5, 0.6) is 0 Å². The van der Waals surface area contributed by atoms with Crippen LogP contribution in [-0.2, 0) is 0 Å². The van der Waals surface area contributed by atoms with E-state index < -0.39 is 0 Å². The second kappa shape index (κ2) is 3.54. The molecule has 2 heterocycles. The molecule has 2 rings (SSSR count). The zero-order valence-corrected chi connectivity index (χ0v) is 7.74. The molecule has 0 aliphatic heterocycles. The number of aryl methyl sites for hydroxylation is 1. The van der Waals surface area contributed by atoms with Gasteiger partial charge >= 0.3 is 0 Å². The highest BCUT2D eigenvalue weighted by molar-refractivity contribution is 5.57. The number of aromatic nitrogens is 2. The molecule has 0 aliphatic rings. The zero-order chi connectivity index (χ0) is 9.97. The van der Waals surface area contributed by atoms with E-state index in [0.717, 1.165) is 17.0 Å². The fraction of sp³-hybridized carbons (Fsp3) is 0.0909. The Labute approximate surface area is 81.5 Å². The van der Waals surface area contributed by atoms with Crippen LogP contribution in [-0.4, -0.2) is 9.97 Å². The lowest BCUT2D eigenvalue weighted by molar-refractivity contribution is 0.622. The van der Waals surface area contributed by atoms with Crippen LogP contribution in [0.3, 0.4) is 0 Å². The van der Waals surface area contributed by atoms with E-state index in [1.165, 1.54) is 12.3 Å². The van der Waals surface area contributed by atoms with Crippen molar-refractivity contribution in [3.8, 4) is 11.3 Å². The van der Waals surface area contributed by atoms with Crippen LogP contribution >= 0.6 is 0 Å². The Morgan fingerprint density at radius 2 is 1.86 bits per heavy atom. The molecule has 0 atom stereocenters. The number of rotatable bonds is 1. The first kappa shape index (κ1) is 8.81. The van der Waals surface area contributed by atoms with E-state index >= 15 is 0 Å². The fourth-order valence-corrected chi connectivity index (χ4v) is 1.17. The lowest BCUT2D eigenvalue weighted by Gasteiger charge is -1.99. The van der Waals surface area contributed by atoms with Gasteiger partial charge in [-0.25, -0.2) is 4.39 Å². The zero-order valence-electron chi connectivity index (χ0n) is 7.74. The molecule has 0 aliphatic carbocycles. The number of pyridine rings is 2. The third-order valence-corrected chi connectivity index (χ3v) is 1.93. The Hall–Kier alpha value is -1.77. The smallest absolute Gasteiger partial charge is 0.141 e. The van der Waals surface area contributed by atoms with Gasteiger partial charge in [0.1, 0.15) is 5.82 Å². The summed E-state index contributed by atoms with van der Waals surface area (Å²) < 4.78 is 12.6. The van der Waals surface area contributed by atoms with Crippen molar-refractivity contribution in [2.24, 2.45) is 0 Å². The minimum atomic E-state index is -0.325. The van der Waals surface area contributed by atoms with Gasteiger partial charge in [0, 0.05) is 17.5 Å². The molecule has 2 nitrogen and oxygen atoms in total. The molecule has 14 heavy (non-hydrogen) atoms. The lowest BCUT2D eigenvalue weighted by Crippen LogP contribution is -1.86. The number of hydrogen-bond acceptors (Lipinski definition) is 2. The minimum Gasteiger partial charge on any atom is -0.261 e. The summed E-state index contributed by atoms with van der Waals surface area (Å²) in [5, 5.41) is 0. The predicted molar refractivity (Wildman–Crippen MR) is 52.2 cm³/mol. The van der Waals surface area contributed by atoms with E-state index in [-0.39, 0.29) is 5.82 Å². The second-order valence-electron chi connectivity index (χ2n) is 3.05. The van der Waals surface area contributed by atoms with E-state index in [1.807, 2.05) is 19.1 Å². The summed E-state index contributed by atoms with van der Waals surface area (Å²) in [4.78, 5) is 8.11. The summed E-state index contributed by atoms with van der Waals surface area (Å²) in [5.41, 5.74) is 2.59. The first-order valence-corrected chi connectivity index (χ1v) is 4.30. The van der Waals surface area contributed by atoms with Gasteiger partial charge in [-0.3, -0.25) is 9.97 Å². The molecule has 0 amide bonds. The normalized spacial score (nSPS) is 10.1. The Kier molecular flexibility index (Phi) is 2.23. The lowest BCUT2D eigenvalue weighted by atomic mass is 10.2. The molecule has 0 saturated carbocycles. The highest BCUT2D eigenvalue weighted by Crippen LogP contribution is 2.15. The Morgan fingerprint density at radius 1 is 1.00 bits per heavy atom. The van der Waals surface area contributed by atoms with Crippen LogP contribution < -0.4 is 0 Å². The summed E-state index contributed by atoms with van der Waals surface area (Å²) in [6.45, 7) is 1.92. The van der Waals surface area contributed by atoms with Crippen molar-refractivity contribution < 1.29 is 4.39 Å². The molecule has 0 N–H and O–H groups in total. The van der Waals surface area contributed by atoms with Gasteiger partial charge in [-0.2, -0.15) is 0 Å². The molecule has 2 aromatic heterocycles. The van der Waals surface area contributed by atoms with Gasteiger partial charge in [0.15, 0.2) is 0 Å². The van der Waals surface area contributed by atoms with Crippen LogP contribution in [0.2, 0.25) is 0 Å². The van der Waals surface area contributed by atoms with Crippen molar-refractivity contribution in [3.05, 3.63) is 48.2 Å². The quantitative estimate of drug-likeness (QED) is 0.687. The van der Waals surface area contributed by atoms with Crippen LogP contribution in [0.25, 0.3) is 11.3 Å². The van der Waals surface area contributed by atoms with Gasteiger partial charge in [-0.15, -0.1) is 0 Å². The topological polar surface area (TPSA) is 25.8 Å². The van der Waals surface area contributed by atoms with E-state index in [0.29, 0.717) is 0 Å². The standard InChI is InChI=1S/C11H9FN2/c1-8-2-3-9(6-13-8)11-5-4-10(12)7-14-11/h2-7H,1H3. The van der Waals surface area contributed by atoms with Crippen molar-refractivity contribution in [1.82, 2.24) is 9.97 Å². The fourth-order valence-electron chi connectivity index (χ4n) is 1.17. The SMILES string of the molecule is Cc1ccc(-c2ccc(F)cn2)cn1. The molecule has 2 aromatic rings. The third kappa shape index (κ3) is 1.76. The van der Waals surface area contributed by atoms with Gasteiger partial charge in [0.2, 0.25) is 0 Å². The second-order valence-corrected chi connectivity index (χ2v) is 3.05. The highest BCUT2D eigenvalue weighted by Gasteiger charge is 1.99. The van der Waals surface area contributed by atoms with Gasteiger partial charge in [-0.05, 0) is 31.2 Å². The molecule has 0 radical (unpaired) electrons. The highest BCUT2D eigenvalue weighted by atomic mass is 19.1. The van der Waals surface area contributed by atoms with Crippen molar-refractivity contribution in [2.45, 2.75) is 6.92 Å². The summed E-state index contributed by atoms with van der Waals surface area (Å²) in [6, 6.07) is 6.85. The van der Waals surface area contributed by atoms with Crippen LogP contribution in [0.1, 0.15) is 5.69 Å². The van der Waals surface area contributed by atoms with E-state index in [2.05, 4.69) is 9.97 Å². The molecule has 0 saturated heterocycles. The summed E-state index contributed by atoms with van der Waals surface area (Å²) >= 11 is 0. The molecule has 0 unspecified atom stereocenters. The van der Waals surface area contributed by atoms with Crippen molar-refractivity contribution >= 4 is 0 Å². The molecule has 0 bridgehead atoms. The maximum Gasteiger partial charge on any atom is 0.141 e. The largest absolute Gasteiger partial charge is 0.261 e. The summed E-state index contributed by atoms with van der Waals surface area (Å²) in [7, 11) is 0. The summed E-state index contributed by atoms with van der Waals surface area (Å²) in [5.74, 6) is -0.325. The Balaban J connectivity index is 2.40. The van der Waals surface area contributed by atoms with Crippen molar-refractivity contribution in [1.29, 1.82) is 0 Å². The molecular weight excluding hydrogens is 179 g/mol. The maximum absolute atomic E-state index is 12.6. The van der Waals surface area contributed by atoms with Crippen LogP contribution in [0.4, 0.5) is 4.39 Å². The molecule has 70 valence electrons.